The number of allylic oxidation sites excluding steroid dienone is 1. The minimum atomic E-state index is 0.185. The number of benzene rings is 1. The molecule has 0 spiro atoms. The maximum Gasteiger partial charge on any atom is 0.223 e. The highest BCUT2D eigenvalue weighted by atomic mass is 16.2. The van der Waals surface area contributed by atoms with E-state index >= 15 is 0 Å². The van der Waals surface area contributed by atoms with Gasteiger partial charge >= 0.3 is 0 Å². The number of carbonyl (C=O) groups is 1. The van der Waals surface area contributed by atoms with Gasteiger partial charge in [-0.05, 0) is 12.1 Å². The fourth-order valence-electron chi connectivity index (χ4n) is 2.76. The van der Waals surface area contributed by atoms with E-state index in [2.05, 4.69) is 17.2 Å². The van der Waals surface area contributed by atoms with Crippen molar-refractivity contribution in [3.8, 4) is 0 Å². The first-order valence-corrected chi connectivity index (χ1v) is 6.50. The van der Waals surface area contributed by atoms with Gasteiger partial charge in [-0.3, -0.25) is 4.79 Å². The maximum atomic E-state index is 11.7. The Balaban J connectivity index is 2.09. The maximum absolute atomic E-state index is 11.7. The Morgan fingerprint density at radius 3 is 2.95 bits per heavy atom. The molecule has 2 aromatic rings. The molecule has 4 heteroatoms. The molecule has 1 aromatic heterocycles. The van der Waals surface area contributed by atoms with Gasteiger partial charge in [-0.15, -0.1) is 6.58 Å². The highest BCUT2D eigenvalue weighted by Gasteiger charge is 2.31. The van der Waals surface area contributed by atoms with Crippen LogP contribution in [0.15, 0.2) is 36.9 Å². The van der Waals surface area contributed by atoms with Crippen LogP contribution in [0.1, 0.15) is 18.2 Å². The predicted molar refractivity (Wildman–Crippen MR) is 74.9 cm³/mol. The van der Waals surface area contributed by atoms with E-state index in [-0.39, 0.29) is 11.8 Å². The summed E-state index contributed by atoms with van der Waals surface area (Å²) >= 11 is 0. The lowest BCUT2D eigenvalue weighted by Crippen LogP contribution is -2.19. The van der Waals surface area contributed by atoms with Crippen LogP contribution in [0.4, 0.5) is 0 Å². The van der Waals surface area contributed by atoms with Crippen LogP contribution in [0, 0.1) is 0 Å². The summed E-state index contributed by atoms with van der Waals surface area (Å²) in [6.07, 6.45) is 2.43. The minimum Gasteiger partial charge on any atom is -0.345 e. The molecule has 1 aromatic carbocycles. The summed E-state index contributed by atoms with van der Waals surface area (Å²) < 4.78 is 2.17. The van der Waals surface area contributed by atoms with Gasteiger partial charge in [0.05, 0.1) is 11.0 Å². The molecule has 1 amide bonds. The SMILES string of the molecule is C=CCn1c(C2CC(=O)N(C)C2)nc2ccccc21. The molecule has 3 rings (SSSR count). The Bertz CT molecular complexity index is 644. The number of imidazole rings is 1. The zero-order valence-corrected chi connectivity index (χ0v) is 11.0. The average Bonchev–Trinajstić information content (AvgIpc) is 2.92. The van der Waals surface area contributed by atoms with E-state index in [4.69, 9.17) is 4.98 Å². The van der Waals surface area contributed by atoms with Gasteiger partial charge in [-0.1, -0.05) is 18.2 Å². The first-order chi connectivity index (χ1) is 9.20. The van der Waals surface area contributed by atoms with Gasteiger partial charge in [-0.2, -0.15) is 0 Å². The van der Waals surface area contributed by atoms with Crippen LogP contribution >= 0.6 is 0 Å². The van der Waals surface area contributed by atoms with Gasteiger partial charge in [-0.25, -0.2) is 4.98 Å². The number of likely N-dealkylation sites (N-methyl/N-ethyl adjacent to an activating group) is 1. The third kappa shape index (κ3) is 1.93. The average molecular weight is 255 g/mol. The number of hydrogen-bond donors (Lipinski definition) is 0. The van der Waals surface area contributed by atoms with Crippen LogP contribution in [-0.2, 0) is 11.3 Å². The first kappa shape index (κ1) is 12.0. The summed E-state index contributed by atoms with van der Waals surface area (Å²) in [7, 11) is 1.85. The standard InChI is InChI=1S/C15H17N3O/c1-3-8-18-13-7-5-4-6-12(13)16-15(18)11-9-14(19)17(2)10-11/h3-7,11H,1,8-10H2,2H3. The van der Waals surface area contributed by atoms with Gasteiger partial charge in [0.1, 0.15) is 5.82 Å². The Morgan fingerprint density at radius 1 is 1.47 bits per heavy atom. The summed E-state index contributed by atoms with van der Waals surface area (Å²) in [4.78, 5) is 18.2. The molecule has 0 aliphatic carbocycles. The van der Waals surface area contributed by atoms with Crippen molar-refractivity contribution in [3.63, 3.8) is 0 Å². The number of likely N-dealkylation sites (tertiary alicyclic amines) is 1. The molecule has 1 aliphatic rings. The molecular weight excluding hydrogens is 238 g/mol. The molecule has 1 atom stereocenters. The van der Waals surface area contributed by atoms with Gasteiger partial charge in [0.2, 0.25) is 5.91 Å². The Kier molecular flexibility index (Phi) is 2.85. The lowest BCUT2D eigenvalue weighted by molar-refractivity contribution is -0.126. The third-order valence-electron chi connectivity index (χ3n) is 3.70. The van der Waals surface area contributed by atoms with E-state index in [9.17, 15) is 4.79 Å². The molecule has 1 aliphatic heterocycles. The summed E-state index contributed by atoms with van der Waals surface area (Å²) in [6, 6.07) is 8.08. The van der Waals surface area contributed by atoms with Gasteiger partial charge in [0.25, 0.3) is 0 Å². The molecule has 19 heavy (non-hydrogen) atoms. The Hall–Kier alpha value is -2.10. The van der Waals surface area contributed by atoms with Crippen molar-refractivity contribution in [1.29, 1.82) is 0 Å². The summed E-state index contributed by atoms with van der Waals surface area (Å²) in [6.45, 7) is 5.29. The fourth-order valence-corrected chi connectivity index (χ4v) is 2.76. The number of nitrogens with zero attached hydrogens (tertiary/aromatic N) is 3. The van der Waals surface area contributed by atoms with E-state index in [0.717, 1.165) is 29.9 Å². The molecular formula is C15H17N3O. The Labute approximate surface area is 112 Å². The number of rotatable bonds is 3. The minimum absolute atomic E-state index is 0.185. The number of para-hydroxylation sites is 2. The largest absolute Gasteiger partial charge is 0.345 e. The second kappa shape index (κ2) is 4.53. The second-order valence-corrected chi connectivity index (χ2v) is 5.03. The van der Waals surface area contributed by atoms with Crippen molar-refractivity contribution >= 4 is 16.9 Å². The molecule has 0 radical (unpaired) electrons. The Morgan fingerprint density at radius 2 is 2.26 bits per heavy atom. The molecule has 1 fully saturated rings. The van der Waals surface area contributed by atoms with Crippen molar-refractivity contribution < 1.29 is 4.79 Å². The lowest BCUT2D eigenvalue weighted by Gasteiger charge is -2.12. The number of fused-ring (bicyclic) bond motifs is 1. The number of aromatic nitrogens is 2. The quantitative estimate of drug-likeness (QED) is 0.788. The molecule has 0 saturated carbocycles. The third-order valence-corrected chi connectivity index (χ3v) is 3.70. The van der Waals surface area contributed by atoms with Crippen LogP contribution in [0.2, 0.25) is 0 Å². The van der Waals surface area contributed by atoms with Crippen molar-refractivity contribution in [2.75, 3.05) is 13.6 Å². The zero-order valence-electron chi connectivity index (χ0n) is 11.0. The first-order valence-electron chi connectivity index (χ1n) is 6.50. The molecule has 1 saturated heterocycles. The lowest BCUT2D eigenvalue weighted by atomic mass is 10.1. The van der Waals surface area contributed by atoms with E-state index in [1.165, 1.54) is 0 Å². The van der Waals surface area contributed by atoms with E-state index < -0.39 is 0 Å². The van der Waals surface area contributed by atoms with Gasteiger partial charge < -0.3 is 9.47 Å². The topological polar surface area (TPSA) is 38.1 Å². The molecule has 0 N–H and O–H groups in total. The van der Waals surface area contributed by atoms with Crippen molar-refractivity contribution in [3.05, 3.63) is 42.7 Å². The number of carbonyl (C=O) groups excluding carboxylic acids is 1. The van der Waals surface area contributed by atoms with Crippen LogP contribution in [-0.4, -0.2) is 34.0 Å². The highest BCUT2D eigenvalue weighted by molar-refractivity contribution is 5.80. The summed E-state index contributed by atoms with van der Waals surface area (Å²) in [5, 5.41) is 0. The second-order valence-electron chi connectivity index (χ2n) is 5.03. The van der Waals surface area contributed by atoms with Gasteiger partial charge in [0, 0.05) is 32.5 Å². The molecule has 2 heterocycles. The molecule has 4 nitrogen and oxygen atoms in total. The highest BCUT2D eigenvalue weighted by Crippen LogP contribution is 2.29. The fraction of sp³-hybridized carbons (Fsp3) is 0.333. The van der Waals surface area contributed by atoms with Crippen molar-refractivity contribution in [2.24, 2.45) is 0 Å². The van der Waals surface area contributed by atoms with Crippen LogP contribution in [0.25, 0.3) is 11.0 Å². The summed E-state index contributed by atoms with van der Waals surface area (Å²) in [5.41, 5.74) is 2.10. The van der Waals surface area contributed by atoms with E-state index in [1.807, 2.05) is 31.3 Å². The molecule has 1 unspecified atom stereocenters. The summed E-state index contributed by atoms with van der Waals surface area (Å²) in [5.74, 6) is 1.38. The monoisotopic (exact) mass is 255 g/mol. The van der Waals surface area contributed by atoms with Crippen LogP contribution in [0.5, 0.6) is 0 Å². The van der Waals surface area contributed by atoms with Gasteiger partial charge in [0.15, 0.2) is 0 Å². The predicted octanol–water partition coefficient (Wildman–Crippen LogP) is 2.17. The smallest absolute Gasteiger partial charge is 0.223 e. The van der Waals surface area contributed by atoms with Crippen molar-refractivity contribution in [1.82, 2.24) is 14.5 Å². The molecule has 0 bridgehead atoms. The van der Waals surface area contributed by atoms with Crippen LogP contribution in [0.3, 0.4) is 0 Å². The van der Waals surface area contributed by atoms with Crippen LogP contribution < -0.4 is 0 Å². The number of hydrogen-bond acceptors (Lipinski definition) is 2. The van der Waals surface area contributed by atoms with Crippen molar-refractivity contribution in [2.45, 2.75) is 18.9 Å². The van der Waals surface area contributed by atoms with E-state index in [1.54, 1.807) is 4.90 Å². The zero-order chi connectivity index (χ0) is 13.4. The number of amides is 1. The van der Waals surface area contributed by atoms with E-state index in [0.29, 0.717) is 6.42 Å². The molecule has 98 valence electrons. The normalized spacial score (nSPS) is 19.3.